The lowest BCUT2D eigenvalue weighted by Crippen LogP contribution is -2.50. The summed E-state index contributed by atoms with van der Waals surface area (Å²) in [6.07, 6.45) is 2.65. The fourth-order valence-corrected chi connectivity index (χ4v) is 9.28. The molecule has 0 saturated heterocycles. The molecular formula is C84H161ClN12O29. The second-order valence-electron chi connectivity index (χ2n) is 35.1. The van der Waals surface area contributed by atoms with Crippen molar-refractivity contribution in [3.63, 3.8) is 0 Å². The van der Waals surface area contributed by atoms with Crippen LogP contribution in [0.5, 0.6) is 0 Å². The molecule has 1 aliphatic rings. The van der Waals surface area contributed by atoms with Crippen LogP contribution in [-0.4, -0.2) is 278 Å². The van der Waals surface area contributed by atoms with Crippen molar-refractivity contribution in [2.45, 2.75) is 316 Å². The minimum absolute atomic E-state index is 0.0000586. The van der Waals surface area contributed by atoms with Crippen molar-refractivity contribution in [2.75, 3.05) is 118 Å². The van der Waals surface area contributed by atoms with Gasteiger partial charge in [-0.05, 0) is 213 Å². The number of carbonyl (C=O) groups is 14. The molecule has 0 aromatic heterocycles. The number of nitrogens with two attached hydrogens (primary N) is 5. The second kappa shape index (κ2) is 73.7. The number of halogens is 1. The minimum Gasteiger partial charge on any atom is -0.481 e. The maximum Gasteiger partial charge on any atom is 0.516 e. The van der Waals surface area contributed by atoms with E-state index in [0.29, 0.717) is 72.1 Å². The van der Waals surface area contributed by atoms with Gasteiger partial charge >= 0.3 is 84.1 Å². The Kier molecular flexibility index (Phi) is 76.5. The first kappa shape index (κ1) is 131. The van der Waals surface area contributed by atoms with Gasteiger partial charge in [-0.3, -0.25) is 48.3 Å². The molecule has 6 atom stereocenters. The van der Waals surface area contributed by atoms with Crippen molar-refractivity contribution >= 4 is 95.7 Å². The first-order chi connectivity index (χ1) is 57.9. The summed E-state index contributed by atoms with van der Waals surface area (Å²) >= 11 is 4.72. The summed E-state index contributed by atoms with van der Waals surface area (Å²) < 4.78 is 60.7. The van der Waals surface area contributed by atoms with Crippen molar-refractivity contribution in [1.82, 2.24) is 19.6 Å². The number of hydrogen-bond acceptors (Lipinski definition) is 38. The molecule has 126 heavy (non-hydrogen) atoms. The summed E-state index contributed by atoms with van der Waals surface area (Å²) in [4.78, 5) is 168. The molecule has 0 bridgehead atoms. The Hall–Kier alpha value is -8.22. The normalized spacial score (nSPS) is 12.9. The first-order valence-corrected chi connectivity index (χ1v) is 43.0. The molecule has 41 nitrogen and oxygen atoms in total. The van der Waals surface area contributed by atoms with Crippen LogP contribution in [0.25, 0.3) is 10.4 Å². The second-order valence-corrected chi connectivity index (χ2v) is 35.4. The van der Waals surface area contributed by atoms with E-state index in [2.05, 4.69) is 76.1 Å². The largest absolute Gasteiger partial charge is 0.516 e. The lowest BCUT2D eigenvalue weighted by molar-refractivity contribution is -0.149. The number of aliphatic hydroxyl groups excluding tert-OH is 1. The zero-order valence-corrected chi connectivity index (χ0v) is 81.5. The van der Waals surface area contributed by atoms with Crippen LogP contribution in [0, 0.1) is 23.7 Å². The summed E-state index contributed by atoms with van der Waals surface area (Å²) in [6.45, 7) is 57.5. The molecule has 0 amide bonds. The summed E-state index contributed by atoms with van der Waals surface area (Å²) in [7, 11) is 0. The standard InChI is InChI=1S/C21H42N2O4.C17H38N6O4.C10H17N3O4.C10H19NO4.C10H16O6.C10H18O5.C3H5ClO2.C3H6/c1-8-12-22(13-9-2)17-18(23(14-10-3)15-11-4)16-19(24)26-20(25)27-21(5,6)7;1-17(2,3)27-16(25)26-15(24)12-14(23(10-6-20)11-7-21)13-22(8-4-18)9-5-19;1-7(6-12-13-11)5-8(14)16-9(15)17-10(2,3)4;1-7(6-11)5-8(12)14-9(13)15-10(2,3)4;1-6(8(12)13)5-7(11)15-9(14)16-10(2,3)4;1-7(6-11)5-8(12)14-9(13)15-10(2,3)4;1-2-6-3(4)5;1-2-3-1/h18H,8-17H2,1-7H3;14H,4-13,18-21H2,1-3H3;7H,5-6H2,1-4H3;7H,5-6,11H2,1-4H3;6H,5H2,1-4H3,(H,12,13);7,11H,5-6H2,1-4H3;2H2,1H3;1-3H2. The van der Waals surface area contributed by atoms with Crippen LogP contribution >= 0.6 is 11.6 Å². The van der Waals surface area contributed by atoms with Crippen molar-refractivity contribution in [3.8, 4) is 0 Å². The van der Waals surface area contributed by atoms with E-state index in [9.17, 15) is 67.1 Å². The SMILES string of the molecule is C1CC1.CC(C)(C)OC(=O)OC(=O)CC(CN(CCN)CCN)N(CCN)CCN.CC(CC(=O)OC(=O)OC(C)(C)C)C(=O)O.CC(CN)CC(=O)OC(=O)OC(C)(C)C.CC(CN=[N+]=[N-])CC(=O)OC(=O)OC(C)(C)C.CC(CO)CC(=O)OC(=O)OC(C)(C)C.CCCN(CCC)CC(CC(=O)OC(=O)OC(C)(C)C)N(CCC)CCC.CCOC(=O)Cl. The van der Waals surface area contributed by atoms with Gasteiger partial charge in [0, 0.05) is 120 Å². The van der Waals surface area contributed by atoms with Gasteiger partial charge in [0.1, 0.15) is 33.6 Å². The number of rotatable bonds is 40. The number of carboxylic acids is 1. The summed E-state index contributed by atoms with van der Waals surface area (Å²) in [6, 6.07) is -0.192. The highest BCUT2D eigenvalue weighted by Gasteiger charge is 2.32. The van der Waals surface area contributed by atoms with E-state index >= 15 is 0 Å². The van der Waals surface area contributed by atoms with Crippen LogP contribution in [0.3, 0.4) is 0 Å². The van der Waals surface area contributed by atoms with Gasteiger partial charge in [-0.2, -0.15) is 0 Å². The number of azide groups is 1. The average molecular weight is 1840 g/mol. The Morgan fingerprint density at radius 3 is 0.857 bits per heavy atom. The Balaban J connectivity index is -0.000000268. The molecule has 6 unspecified atom stereocenters. The zero-order valence-electron chi connectivity index (χ0n) is 80.7. The summed E-state index contributed by atoms with van der Waals surface area (Å²) in [5.41, 5.74) is 31.2. The molecule has 1 fully saturated rings. The highest BCUT2D eigenvalue weighted by molar-refractivity contribution is 6.61. The number of aliphatic hydroxyl groups is 1. The van der Waals surface area contributed by atoms with E-state index in [0.717, 1.165) is 58.4 Å². The van der Waals surface area contributed by atoms with Crippen LogP contribution in [-0.2, 0) is 95.1 Å². The number of esters is 6. The van der Waals surface area contributed by atoms with E-state index in [1.165, 1.54) is 26.2 Å². The maximum absolute atomic E-state index is 12.4. The first-order valence-electron chi connectivity index (χ1n) is 42.7. The Bertz CT molecular complexity index is 2970. The fourth-order valence-electron chi connectivity index (χ4n) is 9.17. The molecule has 1 saturated carbocycles. The predicted molar refractivity (Wildman–Crippen MR) is 474 cm³/mol. The molecule has 1 aliphatic carbocycles. The molecule has 738 valence electrons. The summed E-state index contributed by atoms with van der Waals surface area (Å²) in [5, 5.41) is 20.5. The molecule has 0 radical (unpaired) electrons. The van der Waals surface area contributed by atoms with Crippen LogP contribution in [0.4, 0.5) is 33.6 Å². The van der Waals surface area contributed by atoms with Crippen molar-refractivity contribution in [2.24, 2.45) is 57.5 Å². The van der Waals surface area contributed by atoms with E-state index in [1.54, 1.807) is 152 Å². The van der Waals surface area contributed by atoms with Gasteiger partial charge in [-0.25, -0.2) is 33.6 Å². The number of ether oxygens (including phenoxy) is 13. The van der Waals surface area contributed by atoms with Crippen LogP contribution < -0.4 is 28.7 Å². The topological polar surface area (TPSA) is 591 Å². The Morgan fingerprint density at radius 1 is 0.389 bits per heavy atom. The molecule has 0 heterocycles. The van der Waals surface area contributed by atoms with Gasteiger partial charge < -0.3 is 105 Å². The molecule has 0 spiro atoms. The van der Waals surface area contributed by atoms with Crippen molar-refractivity contribution in [1.29, 1.82) is 0 Å². The fraction of sp³-hybridized carbons (Fsp3) is 0.833. The molecule has 0 aromatic rings. The van der Waals surface area contributed by atoms with E-state index < -0.39 is 124 Å². The molecule has 0 aliphatic heterocycles. The third-order valence-electron chi connectivity index (χ3n) is 14.3. The highest BCUT2D eigenvalue weighted by atomic mass is 35.5. The number of carbonyl (C=O) groups excluding carboxylic acids is 13. The Morgan fingerprint density at radius 2 is 0.643 bits per heavy atom. The maximum atomic E-state index is 12.4. The van der Waals surface area contributed by atoms with E-state index in [4.69, 9.17) is 93.9 Å². The number of aliphatic carboxylic acids is 1. The number of carboxylic acid groups (broad SMARTS) is 1. The highest BCUT2D eigenvalue weighted by Crippen LogP contribution is 2.19. The van der Waals surface area contributed by atoms with Crippen molar-refractivity contribution in [3.05, 3.63) is 10.4 Å². The third kappa shape index (κ3) is 96.4. The van der Waals surface area contributed by atoms with Crippen LogP contribution in [0.1, 0.15) is 270 Å². The lowest BCUT2D eigenvalue weighted by Gasteiger charge is -2.35. The van der Waals surface area contributed by atoms with Crippen LogP contribution in [0.2, 0.25) is 0 Å². The van der Waals surface area contributed by atoms with Crippen molar-refractivity contribution < 1.29 is 139 Å². The monoisotopic (exact) mass is 1840 g/mol. The smallest absolute Gasteiger partial charge is 0.481 e. The molecular weight excluding hydrogens is 1680 g/mol. The van der Waals surface area contributed by atoms with E-state index in [-0.39, 0.29) is 81.5 Å². The predicted octanol–water partition coefficient (Wildman–Crippen LogP) is 13.0. The van der Waals surface area contributed by atoms with Gasteiger partial charge in [-0.15, -0.1) is 0 Å². The third-order valence-corrected chi connectivity index (χ3v) is 14.5. The number of hydrogen-bond donors (Lipinski definition) is 7. The minimum atomic E-state index is -1.12. The summed E-state index contributed by atoms with van der Waals surface area (Å²) in [5.74, 6) is -6.50. The lowest BCUT2D eigenvalue weighted by atomic mass is 10.1. The van der Waals surface area contributed by atoms with Gasteiger partial charge in [-0.1, -0.05) is 79.8 Å². The number of nitrogens with zero attached hydrogens (tertiary/aromatic N) is 7. The van der Waals surface area contributed by atoms with Gasteiger partial charge in [0.25, 0.3) is 0 Å². The Labute approximate surface area is 753 Å². The van der Waals surface area contributed by atoms with Gasteiger partial charge in [0.2, 0.25) is 0 Å². The van der Waals surface area contributed by atoms with Gasteiger partial charge in [0.05, 0.1) is 38.2 Å². The molecule has 42 heteroatoms. The van der Waals surface area contributed by atoms with E-state index in [1.807, 2.05) is 4.90 Å². The molecule has 1 rings (SSSR count). The quantitative estimate of drug-likeness (QED) is 0.00570. The van der Waals surface area contributed by atoms with Crippen LogP contribution in [0.15, 0.2) is 5.11 Å². The molecule has 12 N–H and O–H groups in total. The zero-order chi connectivity index (χ0) is 99.4. The van der Waals surface area contributed by atoms with Gasteiger partial charge in [0.15, 0.2) is 0 Å². The average Bonchev–Trinajstić information content (AvgIpc) is 1.86. The molecule has 0 aromatic carbocycles.